The van der Waals surface area contributed by atoms with Crippen molar-refractivity contribution < 1.29 is 0 Å². The van der Waals surface area contributed by atoms with E-state index in [1.165, 1.54) is 49.0 Å². The Morgan fingerprint density at radius 1 is 1.21 bits per heavy atom. The Morgan fingerprint density at radius 2 is 2.00 bits per heavy atom. The van der Waals surface area contributed by atoms with Crippen molar-refractivity contribution in [3.63, 3.8) is 0 Å². The fraction of sp³-hybridized carbons (Fsp3) is 0.647. The lowest BCUT2D eigenvalue weighted by molar-refractivity contribution is 0.349. The number of unbranched alkanes of at least 4 members (excludes halogenated alkanes) is 1. The standard InChI is InChI=1S/C17H28N2/c1-4-5-6-15-10-16(18)12-19(11-15)17-8-7-13(2)14(3)9-17/h7-9,15-16H,4-6,10-12,18H2,1-3H3. The number of benzene rings is 1. The van der Waals surface area contributed by atoms with E-state index in [4.69, 9.17) is 5.73 Å². The number of aryl methyl sites for hydroxylation is 2. The van der Waals surface area contributed by atoms with Crippen LogP contribution >= 0.6 is 0 Å². The topological polar surface area (TPSA) is 29.3 Å². The van der Waals surface area contributed by atoms with E-state index in [0.717, 1.165) is 12.5 Å². The Balaban J connectivity index is 2.07. The number of hydrogen-bond donors (Lipinski definition) is 1. The second-order valence-electron chi connectivity index (χ2n) is 6.18. The average molecular weight is 260 g/mol. The first-order valence-corrected chi connectivity index (χ1v) is 7.68. The van der Waals surface area contributed by atoms with Crippen molar-refractivity contribution in [2.75, 3.05) is 18.0 Å². The highest BCUT2D eigenvalue weighted by Gasteiger charge is 2.24. The molecule has 1 aromatic carbocycles. The number of anilines is 1. The van der Waals surface area contributed by atoms with Crippen LogP contribution < -0.4 is 10.6 Å². The molecule has 2 rings (SSSR count). The van der Waals surface area contributed by atoms with Gasteiger partial charge >= 0.3 is 0 Å². The van der Waals surface area contributed by atoms with Gasteiger partial charge in [0.25, 0.3) is 0 Å². The van der Waals surface area contributed by atoms with Crippen LogP contribution in [0, 0.1) is 19.8 Å². The molecule has 1 aromatic rings. The summed E-state index contributed by atoms with van der Waals surface area (Å²) < 4.78 is 0. The highest BCUT2D eigenvalue weighted by molar-refractivity contribution is 5.51. The van der Waals surface area contributed by atoms with Crippen molar-refractivity contribution in [1.29, 1.82) is 0 Å². The predicted octanol–water partition coefficient (Wildman–Crippen LogP) is 3.65. The van der Waals surface area contributed by atoms with Crippen molar-refractivity contribution in [3.05, 3.63) is 29.3 Å². The van der Waals surface area contributed by atoms with Gasteiger partial charge in [0.1, 0.15) is 0 Å². The molecule has 0 aliphatic carbocycles. The Bertz CT molecular complexity index is 414. The van der Waals surface area contributed by atoms with Crippen molar-refractivity contribution >= 4 is 5.69 Å². The Morgan fingerprint density at radius 3 is 2.68 bits per heavy atom. The summed E-state index contributed by atoms with van der Waals surface area (Å²) in [5, 5.41) is 0. The SMILES string of the molecule is CCCCC1CC(N)CN(c2ccc(C)c(C)c2)C1. The molecule has 2 nitrogen and oxygen atoms in total. The summed E-state index contributed by atoms with van der Waals surface area (Å²) >= 11 is 0. The molecule has 2 unspecified atom stereocenters. The molecule has 2 N–H and O–H groups in total. The molecule has 2 atom stereocenters. The van der Waals surface area contributed by atoms with Gasteiger partial charge < -0.3 is 10.6 Å². The smallest absolute Gasteiger partial charge is 0.0369 e. The van der Waals surface area contributed by atoms with E-state index in [-0.39, 0.29) is 0 Å². The fourth-order valence-corrected chi connectivity index (χ4v) is 3.08. The zero-order valence-corrected chi connectivity index (χ0v) is 12.7. The van der Waals surface area contributed by atoms with E-state index in [9.17, 15) is 0 Å². The summed E-state index contributed by atoms with van der Waals surface area (Å²) in [6.45, 7) is 8.81. The lowest BCUT2D eigenvalue weighted by Crippen LogP contribution is -2.47. The van der Waals surface area contributed by atoms with Crippen LogP contribution in [0.4, 0.5) is 5.69 Å². The molecular weight excluding hydrogens is 232 g/mol. The normalized spacial score (nSPS) is 23.7. The summed E-state index contributed by atoms with van der Waals surface area (Å²) in [4.78, 5) is 2.49. The maximum Gasteiger partial charge on any atom is 0.0369 e. The molecule has 1 heterocycles. The van der Waals surface area contributed by atoms with Crippen molar-refractivity contribution in [2.24, 2.45) is 11.7 Å². The molecule has 0 amide bonds. The largest absolute Gasteiger partial charge is 0.370 e. The van der Waals surface area contributed by atoms with Gasteiger partial charge in [-0.1, -0.05) is 25.8 Å². The Labute approximate surface area is 118 Å². The molecule has 0 saturated carbocycles. The first-order chi connectivity index (χ1) is 9.10. The maximum atomic E-state index is 6.25. The van der Waals surface area contributed by atoms with Crippen LogP contribution in [-0.4, -0.2) is 19.1 Å². The van der Waals surface area contributed by atoms with Crippen molar-refractivity contribution in [2.45, 2.75) is 52.5 Å². The zero-order valence-electron chi connectivity index (χ0n) is 12.7. The monoisotopic (exact) mass is 260 g/mol. The molecule has 2 heteroatoms. The van der Waals surface area contributed by atoms with Gasteiger partial charge in [-0.05, 0) is 55.9 Å². The van der Waals surface area contributed by atoms with Gasteiger partial charge in [0.05, 0.1) is 0 Å². The molecule has 0 radical (unpaired) electrons. The van der Waals surface area contributed by atoms with Gasteiger partial charge in [-0.25, -0.2) is 0 Å². The van der Waals surface area contributed by atoms with Crippen molar-refractivity contribution in [3.8, 4) is 0 Å². The maximum absolute atomic E-state index is 6.25. The number of rotatable bonds is 4. The van der Waals surface area contributed by atoms with Crippen LogP contribution in [0.2, 0.25) is 0 Å². The highest BCUT2D eigenvalue weighted by Crippen LogP contribution is 2.27. The number of hydrogen-bond acceptors (Lipinski definition) is 2. The van der Waals surface area contributed by atoms with Gasteiger partial charge in [0.2, 0.25) is 0 Å². The molecule has 106 valence electrons. The number of nitrogens with two attached hydrogens (primary N) is 1. The van der Waals surface area contributed by atoms with Crippen LogP contribution in [0.5, 0.6) is 0 Å². The second-order valence-corrected chi connectivity index (χ2v) is 6.18. The Hall–Kier alpha value is -1.02. The molecule has 0 aromatic heterocycles. The molecule has 0 bridgehead atoms. The summed E-state index contributed by atoms with van der Waals surface area (Å²) in [6.07, 6.45) is 5.14. The number of nitrogens with zero attached hydrogens (tertiary/aromatic N) is 1. The van der Waals surface area contributed by atoms with Crippen molar-refractivity contribution in [1.82, 2.24) is 0 Å². The van der Waals surface area contributed by atoms with E-state index in [1.54, 1.807) is 0 Å². The summed E-state index contributed by atoms with van der Waals surface area (Å²) in [5.41, 5.74) is 10.3. The van der Waals surface area contributed by atoms with Crippen LogP contribution in [-0.2, 0) is 0 Å². The van der Waals surface area contributed by atoms with Crippen LogP contribution in [0.25, 0.3) is 0 Å². The third kappa shape index (κ3) is 3.73. The first kappa shape index (κ1) is 14.4. The van der Waals surface area contributed by atoms with Crippen LogP contribution in [0.1, 0.15) is 43.7 Å². The molecule has 1 aliphatic heterocycles. The third-order valence-corrected chi connectivity index (χ3v) is 4.39. The minimum atomic E-state index is 0.331. The lowest BCUT2D eigenvalue weighted by Gasteiger charge is -2.38. The quantitative estimate of drug-likeness (QED) is 0.895. The van der Waals surface area contributed by atoms with E-state index >= 15 is 0 Å². The van der Waals surface area contributed by atoms with E-state index in [1.807, 2.05) is 0 Å². The van der Waals surface area contributed by atoms with Gasteiger partial charge in [0, 0.05) is 24.8 Å². The first-order valence-electron chi connectivity index (χ1n) is 7.68. The summed E-state index contributed by atoms with van der Waals surface area (Å²) in [6, 6.07) is 7.12. The van der Waals surface area contributed by atoms with Gasteiger partial charge in [-0.15, -0.1) is 0 Å². The minimum absolute atomic E-state index is 0.331. The van der Waals surface area contributed by atoms with Gasteiger partial charge in [-0.3, -0.25) is 0 Å². The zero-order chi connectivity index (χ0) is 13.8. The average Bonchev–Trinajstić information content (AvgIpc) is 2.39. The van der Waals surface area contributed by atoms with E-state index in [0.29, 0.717) is 6.04 Å². The third-order valence-electron chi connectivity index (χ3n) is 4.39. The van der Waals surface area contributed by atoms with E-state index in [2.05, 4.69) is 43.9 Å². The highest BCUT2D eigenvalue weighted by atomic mass is 15.2. The van der Waals surface area contributed by atoms with Gasteiger partial charge in [0.15, 0.2) is 0 Å². The molecule has 1 fully saturated rings. The summed E-state index contributed by atoms with van der Waals surface area (Å²) in [7, 11) is 0. The Kier molecular flexibility index (Phi) is 4.87. The van der Waals surface area contributed by atoms with Crippen LogP contribution in [0.15, 0.2) is 18.2 Å². The molecular formula is C17H28N2. The van der Waals surface area contributed by atoms with E-state index < -0.39 is 0 Å². The predicted molar refractivity (Wildman–Crippen MR) is 83.7 cm³/mol. The second kappa shape index (κ2) is 6.42. The molecule has 0 spiro atoms. The minimum Gasteiger partial charge on any atom is -0.370 e. The molecule has 1 aliphatic rings. The van der Waals surface area contributed by atoms with Crippen LogP contribution in [0.3, 0.4) is 0 Å². The lowest BCUT2D eigenvalue weighted by atomic mass is 9.90. The summed E-state index contributed by atoms with van der Waals surface area (Å²) in [5.74, 6) is 0.769. The number of piperidine rings is 1. The fourth-order valence-electron chi connectivity index (χ4n) is 3.08. The molecule has 1 saturated heterocycles. The van der Waals surface area contributed by atoms with Gasteiger partial charge in [-0.2, -0.15) is 0 Å². The molecule has 19 heavy (non-hydrogen) atoms.